The third kappa shape index (κ3) is 5.15. The fourth-order valence-electron chi connectivity index (χ4n) is 3.43. The molecule has 1 aliphatic rings. The Hall–Kier alpha value is -4.26. The van der Waals surface area contributed by atoms with Crippen LogP contribution in [0.25, 0.3) is 11.3 Å². The molecule has 2 N–H and O–H groups in total. The van der Waals surface area contributed by atoms with Crippen LogP contribution >= 0.6 is 0 Å². The van der Waals surface area contributed by atoms with E-state index in [1.807, 2.05) is 6.07 Å². The molecule has 1 fully saturated rings. The molecule has 33 heavy (non-hydrogen) atoms. The lowest BCUT2D eigenvalue weighted by molar-refractivity contribution is -0.120. The first kappa shape index (κ1) is 22.0. The maximum Gasteiger partial charge on any atom is 0.280 e. The third-order valence-corrected chi connectivity index (χ3v) is 5.39. The highest BCUT2D eigenvalue weighted by atomic mass is 16.5. The number of aromatic nitrogens is 3. The Balaban J connectivity index is 1.56. The van der Waals surface area contributed by atoms with Gasteiger partial charge < -0.3 is 9.84 Å². The van der Waals surface area contributed by atoms with Gasteiger partial charge >= 0.3 is 0 Å². The number of Topliss-reactive ketones (excluding diaryl/α,β-unsaturated/α-hetero) is 1. The second-order valence-corrected chi connectivity index (χ2v) is 7.97. The molecule has 2 aromatic heterocycles. The number of nitrogens with zero attached hydrogens (tertiary/aromatic N) is 3. The van der Waals surface area contributed by atoms with Gasteiger partial charge in [-0.05, 0) is 38.0 Å². The number of aromatic amines is 1. The van der Waals surface area contributed by atoms with Gasteiger partial charge in [0.05, 0.1) is 29.6 Å². The number of ketones is 1. The van der Waals surface area contributed by atoms with Crippen LogP contribution in [0, 0.1) is 24.2 Å². The lowest BCUT2D eigenvalue weighted by atomic mass is 10.1. The van der Waals surface area contributed by atoms with Gasteiger partial charge in [-0.15, -0.1) is 0 Å². The second-order valence-electron chi connectivity index (χ2n) is 7.97. The monoisotopic (exact) mass is 447 g/mol. The minimum atomic E-state index is -0.414. The van der Waals surface area contributed by atoms with Crippen molar-refractivity contribution < 1.29 is 14.1 Å². The third-order valence-electron chi connectivity index (χ3n) is 5.39. The number of carbonyl (C=O) groups excluding carboxylic acids is 2. The topological polar surface area (TPSA) is 151 Å². The van der Waals surface area contributed by atoms with Crippen LogP contribution in [-0.4, -0.2) is 26.4 Å². The Morgan fingerprint density at radius 2 is 2.06 bits per heavy atom. The van der Waals surface area contributed by atoms with Crippen molar-refractivity contribution in [1.29, 1.82) is 5.26 Å². The lowest BCUT2D eigenvalue weighted by Crippen LogP contribution is -2.27. The molecule has 0 radical (unpaired) electrons. The quantitative estimate of drug-likeness (QED) is 0.535. The summed E-state index contributed by atoms with van der Waals surface area (Å²) in [6.07, 6.45) is 2.00. The number of carbonyl (C=O) groups is 2. The number of nitrogens with one attached hydrogen (secondary N) is 2. The number of amides is 1. The van der Waals surface area contributed by atoms with Crippen molar-refractivity contribution >= 4 is 17.4 Å². The van der Waals surface area contributed by atoms with Crippen LogP contribution in [0.15, 0.2) is 44.4 Å². The van der Waals surface area contributed by atoms with E-state index in [-0.39, 0.29) is 42.6 Å². The summed E-state index contributed by atoms with van der Waals surface area (Å²) < 4.78 is 6.20. The highest BCUT2D eigenvalue weighted by Gasteiger charge is 2.30. The van der Waals surface area contributed by atoms with E-state index in [0.29, 0.717) is 34.1 Å². The average molecular weight is 447 g/mol. The van der Waals surface area contributed by atoms with Gasteiger partial charge in [0.1, 0.15) is 11.6 Å². The Bertz CT molecular complexity index is 1390. The molecule has 10 nitrogen and oxygen atoms in total. The Kier molecular flexibility index (Phi) is 6.04. The average Bonchev–Trinajstić information content (AvgIpc) is 3.56. The normalized spacial score (nSPS) is 12.8. The first-order chi connectivity index (χ1) is 15.8. The molecular formula is C23H21N5O5. The molecule has 1 saturated carbocycles. The molecule has 1 aromatic carbocycles. The Labute approximate surface area is 187 Å². The van der Waals surface area contributed by atoms with Gasteiger partial charge in [0, 0.05) is 36.5 Å². The number of aryl methyl sites for hydroxylation is 2. The van der Waals surface area contributed by atoms with Crippen molar-refractivity contribution in [2.24, 2.45) is 5.92 Å². The molecule has 4 rings (SSSR count). The molecule has 1 amide bonds. The van der Waals surface area contributed by atoms with E-state index in [2.05, 4.69) is 15.5 Å². The van der Waals surface area contributed by atoms with Crippen molar-refractivity contribution in [1.82, 2.24) is 14.7 Å². The molecule has 1 aliphatic carbocycles. The molecule has 10 heteroatoms. The maximum absolute atomic E-state index is 12.8. The van der Waals surface area contributed by atoms with E-state index < -0.39 is 5.56 Å². The molecule has 0 unspecified atom stereocenters. The fraction of sp³-hybridized carbons (Fsp3) is 0.304. The van der Waals surface area contributed by atoms with E-state index in [0.717, 1.165) is 12.8 Å². The summed E-state index contributed by atoms with van der Waals surface area (Å²) in [5, 5.41) is 14.2. The largest absolute Gasteiger partial charge is 0.384 e. The van der Waals surface area contributed by atoms with Crippen LogP contribution in [0.2, 0.25) is 0 Å². The van der Waals surface area contributed by atoms with E-state index in [9.17, 15) is 24.4 Å². The minimum Gasteiger partial charge on any atom is -0.384 e. The minimum absolute atomic E-state index is 0.0309. The summed E-state index contributed by atoms with van der Waals surface area (Å²) in [5.74, 6) is 0.335. The number of benzene rings is 1. The van der Waals surface area contributed by atoms with Crippen LogP contribution in [0.1, 0.15) is 36.4 Å². The zero-order valence-corrected chi connectivity index (χ0v) is 17.9. The number of hydrogen-bond donors (Lipinski definition) is 2. The Morgan fingerprint density at radius 1 is 1.27 bits per heavy atom. The van der Waals surface area contributed by atoms with Gasteiger partial charge in [0.2, 0.25) is 5.91 Å². The summed E-state index contributed by atoms with van der Waals surface area (Å²) in [7, 11) is 0. The number of hydrogen-bond acceptors (Lipinski definition) is 7. The van der Waals surface area contributed by atoms with Crippen LogP contribution in [-0.2, 0) is 22.6 Å². The van der Waals surface area contributed by atoms with Crippen molar-refractivity contribution in [3.63, 3.8) is 0 Å². The molecule has 0 spiro atoms. The van der Waals surface area contributed by atoms with E-state index in [1.165, 1.54) is 16.7 Å². The number of H-pyrrole nitrogens is 1. The molecule has 3 aromatic rings. The number of nitriles is 1. The smallest absolute Gasteiger partial charge is 0.280 e. The number of anilines is 1. The van der Waals surface area contributed by atoms with E-state index in [1.54, 1.807) is 25.1 Å². The molecular weight excluding hydrogens is 426 g/mol. The summed E-state index contributed by atoms with van der Waals surface area (Å²) in [6, 6.07) is 9.41. The van der Waals surface area contributed by atoms with Crippen LogP contribution in [0.4, 0.5) is 5.69 Å². The van der Waals surface area contributed by atoms with Crippen LogP contribution in [0.5, 0.6) is 0 Å². The highest BCUT2D eigenvalue weighted by Crippen LogP contribution is 2.33. The first-order valence-electron chi connectivity index (χ1n) is 10.5. The van der Waals surface area contributed by atoms with Crippen molar-refractivity contribution in [3.8, 4) is 17.3 Å². The fourth-order valence-corrected chi connectivity index (χ4v) is 3.43. The molecule has 168 valence electrons. The molecule has 0 bridgehead atoms. The van der Waals surface area contributed by atoms with Gasteiger partial charge in [-0.25, -0.2) is 4.98 Å². The van der Waals surface area contributed by atoms with Crippen molar-refractivity contribution in [2.45, 2.75) is 39.2 Å². The van der Waals surface area contributed by atoms with E-state index >= 15 is 0 Å². The molecule has 0 aliphatic heterocycles. The summed E-state index contributed by atoms with van der Waals surface area (Å²) >= 11 is 0. The highest BCUT2D eigenvalue weighted by molar-refractivity contribution is 5.97. The number of rotatable bonds is 8. The van der Waals surface area contributed by atoms with Crippen LogP contribution < -0.4 is 16.4 Å². The van der Waals surface area contributed by atoms with Gasteiger partial charge in [-0.2, -0.15) is 10.4 Å². The SMILES string of the molecule is Cc1nc(-c2ccc(C#N)cc2NC(=O)C2CC2)cc(=O)n1CC(=O)CCc1cc(=O)[nH]o1. The van der Waals surface area contributed by atoms with Crippen molar-refractivity contribution in [3.05, 3.63) is 68.2 Å². The van der Waals surface area contributed by atoms with E-state index in [4.69, 9.17) is 4.52 Å². The summed E-state index contributed by atoms with van der Waals surface area (Å²) in [5.41, 5.74) is 0.857. The molecule has 0 atom stereocenters. The standard InChI is InChI=1S/C23H21N5O5/c1-13-25-20(18-7-2-14(11-24)8-19(18)26-23(32)15-3-4-15)10-22(31)28(13)12-16(29)5-6-17-9-21(30)27-33-17/h2,7-10,15H,3-6,12H2,1H3,(H,26,32)(H,27,30). The lowest BCUT2D eigenvalue weighted by Gasteiger charge is -2.14. The molecule has 2 heterocycles. The van der Waals surface area contributed by atoms with Crippen molar-refractivity contribution in [2.75, 3.05) is 5.32 Å². The zero-order valence-electron chi connectivity index (χ0n) is 17.9. The summed E-state index contributed by atoms with van der Waals surface area (Å²) in [6.45, 7) is 1.46. The van der Waals surface area contributed by atoms with Gasteiger partial charge in [-0.1, -0.05) is 0 Å². The van der Waals surface area contributed by atoms with Gasteiger partial charge in [0.25, 0.3) is 11.1 Å². The Morgan fingerprint density at radius 3 is 2.70 bits per heavy atom. The van der Waals surface area contributed by atoms with Gasteiger partial charge in [-0.3, -0.25) is 23.7 Å². The second kappa shape index (κ2) is 9.08. The maximum atomic E-state index is 12.8. The first-order valence-corrected chi connectivity index (χ1v) is 10.5. The predicted octanol–water partition coefficient (Wildman–Crippen LogP) is 1.92. The summed E-state index contributed by atoms with van der Waals surface area (Å²) in [4.78, 5) is 53.0. The molecule has 0 saturated heterocycles. The predicted molar refractivity (Wildman–Crippen MR) is 117 cm³/mol. The van der Waals surface area contributed by atoms with Gasteiger partial charge in [0.15, 0.2) is 5.78 Å². The zero-order chi connectivity index (χ0) is 23.5. The van der Waals surface area contributed by atoms with Crippen LogP contribution in [0.3, 0.4) is 0 Å².